The van der Waals surface area contributed by atoms with Crippen LogP contribution in [0.2, 0.25) is 0 Å². The van der Waals surface area contributed by atoms with E-state index in [0.29, 0.717) is 18.3 Å². The molecule has 0 atom stereocenters. The molecule has 3 rings (SSSR count). The molecule has 0 heterocycles. The highest BCUT2D eigenvalue weighted by Crippen LogP contribution is 2.38. The summed E-state index contributed by atoms with van der Waals surface area (Å²) in [5, 5.41) is 0. The maximum Gasteiger partial charge on any atom is 0.140 e. The van der Waals surface area contributed by atoms with Crippen LogP contribution in [0, 0.1) is 5.41 Å². The third-order valence-corrected chi connectivity index (χ3v) is 4.38. The van der Waals surface area contributed by atoms with Crippen molar-refractivity contribution in [3.8, 4) is 0 Å². The third-order valence-electron chi connectivity index (χ3n) is 4.38. The molecule has 0 aliphatic heterocycles. The number of rotatable bonds is 1. The highest BCUT2D eigenvalue weighted by Gasteiger charge is 2.31. The molecule has 1 saturated carbocycles. The van der Waals surface area contributed by atoms with Gasteiger partial charge < -0.3 is 0 Å². The first-order chi connectivity index (χ1) is 8.93. The minimum Gasteiger partial charge on any atom is -0.299 e. The quantitative estimate of drug-likeness (QED) is 0.723. The van der Waals surface area contributed by atoms with Crippen molar-refractivity contribution in [2.75, 3.05) is 0 Å². The predicted octanol–water partition coefficient (Wildman–Crippen LogP) is 3.22. The van der Waals surface area contributed by atoms with Crippen molar-refractivity contribution in [3.63, 3.8) is 0 Å². The van der Waals surface area contributed by atoms with Crippen molar-refractivity contribution in [3.05, 3.63) is 34.9 Å². The Hall–Kier alpha value is -1.44. The summed E-state index contributed by atoms with van der Waals surface area (Å²) in [6.07, 6.45) is 3.45. The van der Waals surface area contributed by atoms with Crippen molar-refractivity contribution in [1.29, 1.82) is 0 Å². The minimum atomic E-state index is 0.0991. The summed E-state index contributed by atoms with van der Waals surface area (Å²) in [6, 6.07) is 6.56. The molecule has 1 aromatic rings. The molecule has 0 saturated heterocycles. The Balaban J connectivity index is 1.88. The second kappa shape index (κ2) is 4.29. The first-order valence-electron chi connectivity index (χ1n) is 7.08. The van der Waals surface area contributed by atoms with E-state index in [0.717, 1.165) is 12.8 Å². The first-order valence-corrected chi connectivity index (χ1v) is 7.08. The van der Waals surface area contributed by atoms with E-state index >= 15 is 0 Å². The second-order valence-electron chi connectivity index (χ2n) is 6.91. The van der Waals surface area contributed by atoms with E-state index in [9.17, 15) is 9.59 Å². The second-order valence-corrected chi connectivity index (χ2v) is 6.91. The van der Waals surface area contributed by atoms with Gasteiger partial charge in [0.2, 0.25) is 0 Å². The molecule has 2 aliphatic carbocycles. The molecule has 2 nitrogen and oxygen atoms in total. The molecule has 2 aliphatic rings. The topological polar surface area (TPSA) is 34.1 Å². The molecule has 0 spiro atoms. The lowest BCUT2D eigenvalue weighted by atomic mass is 9.82. The fourth-order valence-electron chi connectivity index (χ4n) is 3.55. The van der Waals surface area contributed by atoms with E-state index < -0.39 is 0 Å². The predicted molar refractivity (Wildman–Crippen MR) is 74.2 cm³/mol. The Kier molecular flexibility index (Phi) is 2.84. The number of ketones is 2. The average molecular weight is 256 g/mol. The number of carbonyl (C=O) groups excluding carboxylic acids is 2. The van der Waals surface area contributed by atoms with Gasteiger partial charge in [-0.25, -0.2) is 0 Å². The van der Waals surface area contributed by atoms with Crippen LogP contribution in [0.15, 0.2) is 18.2 Å². The molecular formula is C17H20O2. The van der Waals surface area contributed by atoms with Crippen LogP contribution in [0.25, 0.3) is 0 Å². The smallest absolute Gasteiger partial charge is 0.140 e. The van der Waals surface area contributed by atoms with Gasteiger partial charge in [0.15, 0.2) is 0 Å². The lowest BCUT2D eigenvalue weighted by molar-refractivity contribution is -0.130. The fraction of sp³-hybridized carbons (Fsp3) is 0.529. The number of benzene rings is 1. The van der Waals surface area contributed by atoms with Gasteiger partial charge in [0.1, 0.15) is 11.6 Å². The molecule has 0 aromatic heterocycles. The van der Waals surface area contributed by atoms with Gasteiger partial charge in [-0.2, -0.15) is 0 Å². The Morgan fingerprint density at radius 2 is 1.63 bits per heavy atom. The molecule has 0 radical (unpaired) electrons. The molecule has 0 amide bonds. The van der Waals surface area contributed by atoms with E-state index in [1.165, 1.54) is 16.7 Å². The van der Waals surface area contributed by atoms with Gasteiger partial charge in [0, 0.05) is 12.8 Å². The van der Waals surface area contributed by atoms with E-state index in [1.807, 2.05) is 0 Å². The molecule has 19 heavy (non-hydrogen) atoms. The van der Waals surface area contributed by atoms with E-state index in [4.69, 9.17) is 0 Å². The molecule has 1 fully saturated rings. The van der Waals surface area contributed by atoms with Crippen molar-refractivity contribution >= 4 is 11.6 Å². The number of hydrogen-bond acceptors (Lipinski definition) is 2. The van der Waals surface area contributed by atoms with Gasteiger partial charge in [-0.1, -0.05) is 32.0 Å². The van der Waals surface area contributed by atoms with Crippen LogP contribution in [0.3, 0.4) is 0 Å². The lowest BCUT2D eigenvalue weighted by Crippen LogP contribution is -2.21. The third kappa shape index (κ3) is 2.49. The summed E-state index contributed by atoms with van der Waals surface area (Å²) in [6.45, 7) is 4.58. The van der Waals surface area contributed by atoms with Crippen LogP contribution in [0.4, 0.5) is 0 Å². The van der Waals surface area contributed by atoms with Gasteiger partial charge in [0.25, 0.3) is 0 Å². The van der Waals surface area contributed by atoms with E-state index in [2.05, 4.69) is 32.0 Å². The Labute approximate surface area is 114 Å². The van der Waals surface area contributed by atoms with Crippen LogP contribution >= 0.6 is 0 Å². The summed E-state index contributed by atoms with van der Waals surface area (Å²) in [7, 11) is 0. The zero-order chi connectivity index (χ0) is 13.6. The zero-order valence-electron chi connectivity index (χ0n) is 11.7. The summed E-state index contributed by atoms with van der Waals surface area (Å²) in [4.78, 5) is 23.1. The minimum absolute atomic E-state index is 0.0991. The summed E-state index contributed by atoms with van der Waals surface area (Å²) >= 11 is 0. The maximum atomic E-state index is 11.6. The number of fused-ring (bicyclic) bond motifs is 1. The summed E-state index contributed by atoms with van der Waals surface area (Å²) in [5.41, 5.74) is 4.37. The van der Waals surface area contributed by atoms with Crippen molar-refractivity contribution in [2.45, 2.75) is 51.9 Å². The van der Waals surface area contributed by atoms with Crippen LogP contribution in [-0.4, -0.2) is 11.6 Å². The van der Waals surface area contributed by atoms with Crippen molar-refractivity contribution < 1.29 is 9.59 Å². The van der Waals surface area contributed by atoms with Gasteiger partial charge in [-0.15, -0.1) is 0 Å². The van der Waals surface area contributed by atoms with Gasteiger partial charge in [-0.05, 0) is 40.9 Å². The van der Waals surface area contributed by atoms with Crippen LogP contribution in [-0.2, 0) is 22.4 Å². The SMILES string of the molecule is CC1(C)Cc2ccc(C3CC(=O)CC(=O)C3)cc2C1. The highest BCUT2D eigenvalue weighted by molar-refractivity contribution is 6.02. The van der Waals surface area contributed by atoms with Gasteiger partial charge >= 0.3 is 0 Å². The largest absolute Gasteiger partial charge is 0.299 e. The van der Waals surface area contributed by atoms with Crippen molar-refractivity contribution in [2.24, 2.45) is 5.41 Å². The van der Waals surface area contributed by atoms with Crippen LogP contribution in [0.1, 0.15) is 55.7 Å². The van der Waals surface area contributed by atoms with Gasteiger partial charge in [0.05, 0.1) is 6.42 Å². The Morgan fingerprint density at radius 3 is 2.32 bits per heavy atom. The maximum absolute atomic E-state index is 11.6. The molecular weight excluding hydrogens is 236 g/mol. The molecule has 0 bridgehead atoms. The van der Waals surface area contributed by atoms with E-state index in [1.54, 1.807) is 0 Å². The number of carbonyl (C=O) groups is 2. The number of hydrogen-bond donors (Lipinski definition) is 0. The molecule has 0 N–H and O–H groups in total. The number of Topliss-reactive ketones (excluding diaryl/α,β-unsaturated/α-hetero) is 2. The Morgan fingerprint density at radius 1 is 1.00 bits per heavy atom. The van der Waals surface area contributed by atoms with Gasteiger partial charge in [-0.3, -0.25) is 9.59 Å². The van der Waals surface area contributed by atoms with E-state index in [-0.39, 0.29) is 23.9 Å². The molecule has 100 valence electrons. The highest BCUT2D eigenvalue weighted by atomic mass is 16.1. The molecule has 1 aromatic carbocycles. The summed E-state index contributed by atoms with van der Waals surface area (Å²) < 4.78 is 0. The monoisotopic (exact) mass is 256 g/mol. The van der Waals surface area contributed by atoms with Crippen molar-refractivity contribution in [1.82, 2.24) is 0 Å². The summed E-state index contributed by atoms with van der Waals surface area (Å²) in [5.74, 6) is 0.312. The lowest BCUT2D eigenvalue weighted by Gasteiger charge is -2.21. The normalized spacial score (nSPS) is 22.6. The van der Waals surface area contributed by atoms with Crippen LogP contribution in [0.5, 0.6) is 0 Å². The van der Waals surface area contributed by atoms with Crippen LogP contribution < -0.4 is 0 Å². The average Bonchev–Trinajstić information content (AvgIpc) is 2.60. The standard InChI is InChI=1S/C17H20O2/c1-17(2)9-12-4-3-11(5-14(12)10-17)13-6-15(18)8-16(19)7-13/h3-5,13H,6-10H2,1-2H3. The molecule has 0 unspecified atom stereocenters. The first kappa shape index (κ1) is 12.6. The molecule has 2 heteroatoms. The Bertz CT molecular complexity index is 538. The fourth-order valence-corrected chi connectivity index (χ4v) is 3.55. The zero-order valence-corrected chi connectivity index (χ0v) is 11.7.